The Bertz CT molecular complexity index is 330. The Morgan fingerprint density at radius 3 is 3.00 bits per heavy atom. The van der Waals surface area contributed by atoms with E-state index in [1.54, 1.807) is 12.1 Å². The van der Waals surface area contributed by atoms with Crippen LogP contribution in [0, 0.1) is 5.82 Å². The standard InChI is InChI=1S/C11H13ClFNO/c1-2-5-14-6-7-15-9-3-4-10(12)11(13)8-9/h2-4,8,14H,1,5-7H2. The summed E-state index contributed by atoms with van der Waals surface area (Å²) in [5, 5.41) is 3.17. The van der Waals surface area contributed by atoms with Gasteiger partial charge in [-0.3, -0.25) is 0 Å². The van der Waals surface area contributed by atoms with Gasteiger partial charge in [-0.2, -0.15) is 0 Å². The van der Waals surface area contributed by atoms with E-state index in [0.717, 1.165) is 6.54 Å². The Labute approximate surface area is 93.7 Å². The van der Waals surface area contributed by atoms with Gasteiger partial charge in [0.05, 0.1) is 5.02 Å². The molecule has 1 rings (SSSR count). The minimum Gasteiger partial charge on any atom is -0.492 e. The largest absolute Gasteiger partial charge is 0.492 e. The summed E-state index contributed by atoms with van der Waals surface area (Å²) < 4.78 is 18.3. The van der Waals surface area contributed by atoms with E-state index >= 15 is 0 Å². The molecule has 0 heterocycles. The zero-order chi connectivity index (χ0) is 11.1. The molecule has 0 atom stereocenters. The van der Waals surface area contributed by atoms with Crippen LogP contribution in [0.1, 0.15) is 0 Å². The molecule has 0 bridgehead atoms. The summed E-state index contributed by atoms with van der Waals surface area (Å²) in [6.45, 7) is 5.48. The number of hydrogen-bond acceptors (Lipinski definition) is 2. The SMILES string of the molecule is C=CCNCCOc1ccc(Cl)c(F)c1. The lowest BCUT2D eigenvalue weighted by Gasteiger charge is -2.06. The van der Waals surface area contributed by atoms with Gasteiger partial charge in [0.1, 0.15) is 18.2 Å². The molecule has 0 aliphatic rings. The van der Waals surface area contributed by atoms with Gasteiger partial charge in [0.2, 0.25) is 0 Å². The van der Waals surface area contributed by atoms with E-state index in [1.165, 1.54) is 12.1 Å². The highest BCUT2D eigenvalue weighted by Gasteiger charge is 2.00. The summed E-state index contributed by atoms with van der Waals surface area (Å²) in [7, 11) is 0. The van der Waals surface area contributed by atoms with E-state index in [0.29, 0.717) is 18.9 Å². The third-order valence-electron chi connectivity index (χ3n) is 1.73. The molecule has 1 N–H and O–H groups in total. The molecular formula is C11H13ClFNO. The first-order valence-corrected chi connectivity index (χ1v) is 5.01. The van der Waals surface area contributed by atoms with Crippen LogP contribution in [0.15, 0.2) is 30.9 Å². The van der Waals surface area contributed by atoms with Crippen molar-refractivity contribution in [2.75, 3.05) is 19.7 Å². The maximum absolute atomic E-state index is 13.0. The van der Waals surface area contributed by atoms with Gasteiger partial charge in [0, 0.05) is 19.2 Å². The molecule has 1 aromatic carbocycles. The fourth-order valence-corrected chi connectivity index (χ4v) is 1.13. The van der Waals surface area contributed by atoms with Crippen molar-refractivity contribution in [1.82, 2.24) is 5.32 Å². The van der Waals surface area contributed by atoms with Crippen molar-refractivity contribution in [3.05, 3.63) is 41.7 Å². The lowest BCUT2D eigenvalue weighted by atomic mass is 10.3. The molecule has 15 heavy (non-hydrogen) atoms. The van der Waals surface area contributed by atoms with Crippen LogP contribution >= 0.6 is 11.6 Å². The lowest BCUT2D eigenvalue weighted by Crippen LogP contribution is -2.20. The third kappa shape index (κ3) is 4.32. The Kier molecular flexibility index (Phi) is 5.15. The van der Waals surface area contributed by atoms with Crippen molar-refractivity contribution >= 4 is 11.6 Å². The van der Waals surface area contributed by atoms with E-state index < -0.39 is 5.82 Å². The van der Waals surface area contributed by atoms with Crippen molar-refractivity contribution in [3.8, 4) is 5.75 Å². The van der Waals surface area contributed by atoms with Gasteiger partial charge < -0.3 is 10.1 Å². The molecule has 4 heteroatoms. The molecule has 0 radical (unpaired) electrons. The molecule has 0 amide bonds. The number of halogens is 2. The molecule has 0 unspecified atom stereocenters. The normalized spacial score (nSPS) is 10.0. The summed E-state index contributed by atoms with van der Waals surface area (Å²) in [5.41, 5.74) is 0. The first-order valence-electron chi connectivity index (χ1n) is 4.63. The molecule has 1 aromatic rings. The smallest absolute Gasteiger partial charge is 0.145 e. The Morgan fingerprint density at radius 1 is 1.53 bits per heavy atom. The second kappa shape index (κ2) is 6.43. The van der Waals surface area contributed by atoms with Crippen LogP contribution in [-0.4, -0.2) is 19.7 Å². The van der Waals surface area contributed by atoms with Crippen molar-refractivity contribution in [2.45, 2.75) is 0 Å². The Morgan fingerprint density at radius 2 is 2.33 bits per heavy atom. The highest BCUT2D eigenvalue weighted by molar-refractivity contribution is 6.30. The van der Waals surface area contributed by atoms with Gasteiger partial charge in [-0.25, -0.2) is 4.39 Å². The number of hydrogen-bond donors (Lipinski definition) is 1. The highest BCUT2D eigenvalue weighted by Crippen LogP contribution is 2.19. The molecular weight excluding hydrogens is 217 g/mol. The van der Waals surface area contributed by atoms with Crippen LogP contribution < -0.4 is 10.1 Å². The molecule has 82 valence electrons. The monoisotopic (exact) mass is 229 g/mol. The predicted octanol–water partition coefficient (Wildman–Crippen LogP) is 2.63. The van der Waals surface area contributed by atoms with Gasteiger partial charge in [0.15, 0.2) is 0 Å². The summed E-state index contributed by atoms with van der Waals surface area (Å²) in [6.07, 6.45) is 1.77. The van der Waals surface area contributed by atoms with Gasteiger partial charge in [-0.05, 0) is 12.1 Å². The zero-order valence-electron chi connectivity index (χ0n) is 8.30. The van der Waals surface area contributed by atoms with E-state index in [1.807, 2.05) is 0 Å². The van der Waals surface area contributed by atoms with Gasteiger partial charge in [0.25, 0.3) is 0 Å². The average molecular weight is 230 g/mol. The fourth-order valence-electron chi connectivity index (χ4n) is 1.01. The van der Waals surface area contributed by atoms with Crippen molar-refractivity contribution in [1.29, 1.82) is 0 Å². The van der Waals surface area contributed by atoms with E-state index in [2.05, 4.69) is 11.9 Å². The molecule has 0 aromatic heterocycles. The van der Waals surface area contributed by atoms with Crippen molar-refractivity contribution in [2.24, 2.45) is 0 Å². The number of nitrogens with one attached hydrogen (secondary N) is 1. The zero-order valence-corrected chi connectivity index (χ0v) is 9.06. The second-order valence-electron chi connectivity index (χ2n) is 2.92. The van der Waals surface area contributed by atoms with Crippen LogP contribution in [0.4, 0.5) is 4.39 Å². The third-order valence-corrected chi connectivity index (χ3v) is 2.03. The Balaban J connectivity index is 2.31. The van der Waals surface area contributed by atoms with Gasteiger partial charge >= 0.3 is 0 Å². The van der Waals surface area contributed by atoms with Crippen molar-refractivity contribution in [3.63, 3.8) is 0 Å². The quantitative estimate of drug-likeness (QED) is 0.598. The minimum absolute atomic E-state index is 0.104. The maximum Gasteiger partial charge on any atom is 0.145 e. The van der Waals surface area contributed by atoms with E-state index in [4.69, 9.17) is 16.3 Å². The first-order chi connectivity index (χ1) is 7.24. The molecule has 0 spiro atoms. The summed E-state index contributed by atoms with van der Waals surface area (Å²) in [6, 6.07) is 4.39. The molecule has 0 aliphatic carbocycles. The maximum atomic E-state index is 13.0. The van der Waals surface area contributed by atoms with Crippen LogP contribution in [0.25, 0.3) is 0 Å². The van der Waals surface area contributed by atoms with E-state index in [9.17, 15) is 4.39 Å². The predicted molar refractivity (Wildman–Crippen MR) is 60.0 cm³/mol. The summed E-state index contributed by atoms with van der Waals surface area (Å²) in [5.74, 6) is 0.0190. The van der Waals surface area contributed by atoms with Gasteiger partial charge in [-0.15, -0.1) is 6.58 Å². The fraction of sp³-hybridized carbons (Fsp3) is 0.273. The van der Waals surface area contributed by atoms with Gasteiger partial charge in [-0.1, -0.05) is 17.7 Å². The molecule has 2 nitrogen and oxygen atoms in total. The first kappa shape index (κ1) is 12.0. The molecule has 0 fully saturated rings. The lowest BCUT2D eigenvalue weighted by molar-refractivity contribution is 0.315. The summed E-state index contributed by atoms with van der Waals surface area (Å²) >= 11 is 5.53. The number of rotatable bonds is 6. The summed E-state index contributed by atoms with van der Waals surface area (Å²) in [4.78, 5) is 0. The molecule has 0 saturated heterocycles. The Hall–Kier alpha value is -1.06. The van der Waals surface area contributed by atoms with Crippen LogP contribution in [0.2, 0.25) is 5.02 Å². The van der Waals surface area contributed by atoms with Crippen LogP contribution in [-0.2, 0) is 0 Å². The topological polar surface area (TPSA) is 21.3 Å². The second-order valence-corrected chi connectivity index (χ2v) is 3.32. The molecule has 0 aliphatic heterocycles. The number of benzene rings is 1. The highest BCUT2D eigenvalue weighted by atomic mass is 35.5. The van der Waals surface area contributed by atoms with Crippen molar-refractivity contribution < 1.29 is 9.13 Å². The average Bonchev–Trinajstić information content (AvgIpc) is 2.23. The molecule has 0 saturated carbocycles. The van der Waals surface area contributed by atoms with Crippen LogP contribution in [0.3, 0.4) is 0 Å². The van der Waals surface area contributed by atoms with E-state index in [-0.39, 0.29) is 5.02 Å². The van der Waals surface area contributed by atoms with Crippen LogP contribution in [0.5, 0.6) is 5.75 Å². The number of ether oxygens (including phenoxy) is 1. The minimum atomic E-state index is -0.465.